The Hall–Kier alpha value is -2.13. The molecule has 3 rings (SSSR count). The molecule has 0 unspecified atom stereocenters. The van der Waals surface area contributed by atoms with E-state index in [1.807, 2.05) is 17.0 Å². The first kappa shape index (κ1) is 24.1. The van der Waals surface area contributed by atoms with Crippen molar-refractivity contribution in [1.82, 2.24) is 15.5 Å². The molecule has 2 aromatic rings. The number of hydrogen-bond donors (Lipinski definition) is 2. The Morgan fingerprint density at radius 3 is 2.30 bits per heavy atom. The zero-order chi connectivity index (χ0) is 20.6. The van der Waals surface area contributed by atoms with Gasteiger partial charge >= 0.3 is 0 Å². The fourth-order valence-corrected chi connectivity index (χ4v) is 3.53. The number of hydrogen-bond acceptors (Lipinski definition) is 3. The molecule has 162 valence electrons. The summed E-state index contributed by atoms with van der Waals surface area (Å²) in [6.07, 6.45) is 1.60. The lowest BCUT2D eigenvalue weighted by molar-refractivity contribution is -0.117. The highest BCUT2D eigenvalue weighted by atomic mass is 127. The number of nitrogens with zero attached hydrogens (tertiary/aromatic N) is 3. The van der Waals surface area contributed by atoms with Crippen molar-refractivity contribution < 1.29 is 4.79 Å². The number of guanidine groups is 1. The van der Waals surface area contributed by atoms with Gasteiger partial charge in [-0.3, -0.25) is 9.79 Å². The van der Waals surface area contributed by atoms with Crippen LogP contribution in [0.15, 0.2) is 53.5 Å². The van der Waals surface area contributed by atoms with Crippen LogP contribution < -0.4 is 15.5 Å². The van der Waals surface area contributed by atoms with Gasteiger partial charge < -0.3 is 20.4 Å². The molecule has 6 nitrogen and oxygen atoms in total. The van der Waals surface area contributed by atoms with E-state index >= 15 is 0 Å². The van der Waals surface area contributed by atoms with Crippen molar-refractivity contribution >= 4 is 41.5 Å². The molecular formula is C23H32IN5O. The second-order valence-electron chi connectivity index (χ2n) is 7.60. The third-order valence-electron chi connectivity index (χ3n) is 5.06. The van der Waals surface area contributed by atoms with Gasteiger partial charge in [0.2, 0.25) is 5.91 Å². The maximum Gasteiger partial charge on any atom is 0.227 e. The number of rotatable bonds is 7. The van der Waals surface area contributed by atoms with Crippen LogP contribution in [0.5, 0.6) is 0 Å². The minimum atomic E-state index is 0. The monoisotopic (exact) mass is 521 g/mol. The van der Waals surface area contributed by atoms with E-state index < -0.39 is 0 Å². The van der Waals surface area contributed by atoms with Crippen molar-refractivity contribution in [2.24, 2.45) is 4.99 Å². The summed E-state index contributed by atoms with van der Waals surface area (Å²) < 4.78 is 0. The molecule has 0 spiro atoms. The van der Waals surface area contributed by atoms with Crippen LogP contribution >= 0.6 is 24.0 Å². The quantitative estimate of drug-likeness (QED) is 0.334. The molecule has 30 heavy (non-hydrogen) atoms. The molecule has 7 heteroatoms. The fourth-order valence-electron chi connectivity index (χ4n) is 3.53. The summed E-state index contributed by atoms with van der Waals surface area (Å²) in [6.45, 7) is 3.13. The van der Waals surface area contributed by atoms with E-state index in [0.29, 0.717) is 13.0 Å². The summed E-state index contributed by atoms with van der Waals surface area (Å²) >= 11 is 0. The van der Waals surface area contributed by atoms with Crippen LogP contribution in [0.2, 0.25) is 0 Å². The van der Waals surface area contributed by atoms with Gasteiger partial charge in [0.05, 0.1) is 0 Å². The summed E-state index contributed by atoms with van der Waals surface area (Å²) in [6, 6.07) is 16.6. The van der Waals surface area contributed by atoms with Crippen molar-refractivity contribution in [3.8, 4) is 0 Å². The Bertz CT molecular complexity index is 851. The summed E-state index contributed by atoms with van der Waals surface area (Å²) in [7, 11) is 5.94. The van der Waals surface area contributed by atoms with Crippen LogP contribution in [0.1, 0.15) is 29.5 Å². The van der Waals surface area contributed by atoms with Gasteiger partial charge in [-0.2, -0.15) is 0 Å². The van der Waals surface area contributed by atoms with E-state index in [1.54, 1.807) is 7.05 Å². The number of aliphatic imine (C=N–C) groups is 1. The second-order valence-corrected chi connectivity index (χ2v) is 7.60. The van der Waals surface area contributed by atoms with Gasteiger partial charge in [0, 0.05) is 45.3 Å². The van der Waals surface area contributed by atoms with E-state index in [-0.39, 0.29) is 29.9 Å². The number of carbonyl (C=O) groups is 1. The zero-order valence-corrected chi connectivity index (χ0v) is 20.3. The van der Waals surface area contributed by atoms with Crippen LogP contribution in [-0.4, -0.2) is 44.5 Å². The molecule has 0 bridgehead atoms. The summed E-state index contributed by atoms with van der Waals surface area (Å²) in [5.41, 5.74) is 4.71. The predicted molar refractivity (Wildman–Crippen MR) is 134 cm³/mol. The van der Waals surface area contributed by atoms with Gasteiger partial charge in [-0.25, -0.2) is 0 Å². The third kappa shape index (κ3) is 6.70. The highest BCUT2D eigenvalue weighted by Gasteiger charge is 2.21. The molecule has 1 amide bonds. The lowest BCUT2D eigenvalue weighted by atomic mass is 10.1. The van der Waals surface area contributed by atoms with E-state index in [0.717, 1.165) is 43.3 Å². The van der Waals surface area contributed by atoms with Gasteiger partial charge in [0.1, 0.15) is 0 Å². The fraction of sp³-hybridized carbons (Fsp3) is 0.391. The van der Waals surface area contributed by atoms with Crippen LogP contribution in [0.3, 0.4) is 0 Å². The first-order chi connectivity index (χ1) is 14.1. The van der Waals surface area contributed by atoms with Crippen molar-refractivity contribution in [2.45, 2.75) is 32.5 Å². The van der Waals surface area contributed by atoms with Crippen molar-refractivity contribution in [3.63, 3.8) is 0 Å². The lowest BCUT2D eigenvalue weighted by Gasteiger charge is -2.17. The highest BCUT2D eigenvalue weighted by molar-refractivity contribution is 14.0. The number of anilines is 1. The van der Waals surface area contributed by atoms with Gasteiger partial charge in [-0.05, 0) is 49.3 Å². The Morgan fingerprint density at radius 1 is 1.03 bits per heavy atom. The van der Waals surface area contributed by atoms with E-state index in [4.69, 9.17) is 0 Å². The van der Waals surface area contributed by atoms with Crippen LogP contribution in [0.25, 0.3) is 0 Å². The first-order valence-corrected chi connectivity index (χ1v) is 10.1. The maximum atomic E-state index is 11.9. The van der Waals surface area contributed by atoms with Crippen LogP contribution in [0.4, 0.5) is 5.69 Å². The molecule has 0 atom stereocenters. The second kappa shape index (κ2) is 11.9. The average Bonchev–Trinajstić information content (AvgIpc) is 3.15. The molecule has 1 saturated heterocycles. The molecule has 1 aliphatic heterocycles. The number of carbonyl (C=O) groups excluding carboxylic acids is 1. The molecule has 1 heterocycles. The normalized spacial score (nSPS) is 14.1. The topological polar surface area (TPSA) is 60.0 Å². The molecule has 0 radical (unpaired) electrons. The smallest absolute Gasteiger partial charge is 0.227 e. The largest absolute Gasteiger partial charge is 0.352 e. The summed E-state index contributed by atoms with van der Waals surface area (Å²) in [5.74, 6) is 0.985. The number of amides is 1. The molecule has 2 aromatic carbocycles. The average molecular weight is 521 g/mol. The van der Waals surface area contributed by atoms with E-state index in [9.17, 15) is 4.79 Å². The van der Waals surface area contributed by atoms with Crippen LogP contribution in [0, 0.1) is 0 Å². The van der Waals surface area contributed by atoms with Crippen molar-refractivity contribution in [2.75, 3.05) is 32.6 Å². The number of nitrogens with one attached hydrogen (secondary N) is 2. The third-order valence-corrected chi connectivity index (χ3v) is 5.06. The standard InChI is InChI=1S/C23H31N5O.HI/c1-24-23(26-16-19-7-4-5-8-20(19)17-27(2)3)25-15-18-10-12-21(13-11-18)28-14-6-9-22(28)29;/h4-5,7-8,10-13H,6,9,14-17H2,1-3H3,(H2,24,25,26);1H. The Morgan fingerprint density at radius 2 is 1.70 bits per heavy atom. The van der Waals surface area contributed by atoms with Gasteiger partial charge in [0.25, 0.3) is 0 Å². The molecule has 0 aromatic heterocycles. The lowest BCUT2D eigenvalue weighted by Crippen LogP contribution is -2.36. The molecule has 0 aliphatic carbocycles. The molecule has 1 aliphatic rings. The van der Waals surface area contributed by atoms with E-state index in [1.165, 1.54) is 11.1 Å². The summed E-state index contributed by atoms with van der Waals surface area (Å²) in [4.78, 5) is 20.2. The molecular weight excluding hydrogens is 489 g/mol. The minimum Gasteiger partial charge on any atom is -0.352 e. The highest BCUT2D eigenvalue weighted by Crippen LogP contribution is 2.21. The van der Waals surface area contributed by atoms with Crippen molar-refractivity contribution in [3.05, 3.63) is 65.2 Å². The number of halogens is 1. The Kier molecular flexibility index (Phi) is 9.58. The zero-order valence-electron chi connectivity index (χ0n) is 18.0. The van der Waals surface area contributed by atoms with Crippen LogP contribution in [-0.2, 0) is 24.4 Å². The van der Waals surface area contributed by atoms with Gasteiger partial charge in [-0.1, -0.05) is 36.4 Å². The molecule has 1 fully saturated rings. The Balaban J connectivity index is 0.00000320. The Labute approximate surface area is 196 Å². The molecule has 0 saturated carbocycles. The predicted octanol–water partition coefficient (Wildman–Crippen LogP) is 3.36. The first-order valence-electron chi connectivity index (χ1n) is 10.1. The van der Waals surface area contributed by atoms with Crippen molar-refractivity contribution in [1.29, 1.82) is 0 Å². The minimum absolute atomic E-state index is 0. The van der Waals surface area contributed by atoms with Gasteiger partial charge in [0.15, 0.2) is 5.96 Å². The SMILES string of the molecule is CN=C(NCc1ccc(N2CCCC2=O)cc1)NCc1ccccc1CN(C)C.I. The molecule has 2 N–H and O–H groups in total. The number of benzene rings is 2. The summed E-state index contributed by atoms with van der Waals surface area (Å²) in [5, 5.41) is 6.76. The maximum absolute atomic E-state index is 11.9. The van der Waals surface area contributed by atoms with Gasteiger partial charge in [-0.15, -0.1) is 24.0 Å². The van der Waals surface area contributed by atoms with E-state index in [2.05, 4.69) is 71.0 Å².